The Morgan fingerprint density at radius 3 is 2.66 bits per heavy atom. The van der Waals surface area contributed by atoms with Crippen LogP contribution in [0.1, 0.15) is 24.8 Å². The summed E-state index contributed by atoms with van der Waals surface area (Å²) < 4.78 is 32.5. The van der Waals surface area contributed by atoms with Crippen LogP contribution in [0.4, 0.5) is 0 Å². The van der Waals surface area contributed by atoms with E-state index in [0.717, 1.165) is 24.2 Å². The average Bonchev–Trinajstić information content (AvgIpc) is 3.22. The Kier molecular flexibility index (Phi) is 7.16. The van der Waals surface area contributed by atoms with E-state index in [1.165, 1.54) is 28.6 Å². The number of carbonyl (C=O) groups excluding carboxylic acids is 1. The molecule has 6 nitrogen and oxygen atoms in total. The molecule has 1 heterocycles. The predicted octanol–water partition coefficient (Wildman–Crippen LogP) is 3.25. The second-order valence-electron chi connectivity index (χ2n) is 6.93. The van der Waals surface area contributed by atoms with Crippen LogP contribution < -0.4 is 10.1 Å². The van der Waals surface area contributed by atoms with Crippen LogP contribution in [-0.4, -0.2) is 44.9 Å². The molecule has 1 fully saturated rings. The van der Waals surface area contributed by atoms with Gasteiger partial charge in [0.15, 0.2) is 0 Å². The molecule has 0 radical (unpaired) electrons. The highest BCUT2D eigenvalue weighted by Gasteiger charge is 2.39. The van der Waals surface area contributed by atoms with Crippen molar-refractivity contribution in [3.05, 3.63) is 59.1 Å². The normalized spacial score (nSPS) is 17.2. The molecule has 8 heteroatoms. The quantitative estimate of drug-likeness (QED) is 0.644. The summed E-state index contributed by atoms with van der Waals surface area (Å²) in [6.45, 7) is 0.812. The molecule has 1 aliphatic rings. The van der Waals surface area contributed by atoms with E-state index in [-0.39, 0.29) is 10.8 Å². The lowest BCUT2D eigenvalue weighted by Gasteiger charge is -2.23. The minimum atomic E-state index is -3.73. The maximum absolute atomic E-state index is 12.9. The molecule has 1 N–H and O–H groups in total. The first-order valence-corrected chi connectivity index (χ1v) is 11.4. The molecular weight excluding hydrogens is 412 g/mol. The smallest absolute Gasteiger partial charge is 0.243 e. The zero-order chi connectivity index (χ0) is 20.9. The lowest BCUT2D eigenvalue weighted by molar-refractivity contribution is -0.124. The molecule has 0 bridgehead atoms. The number of hydrogen-bond acceptors (Lipinski definition) is 4. The number of sulfonamides is 1. The minimum absolute atomic E-state index is 0.151. The highest BCUT2D eigenvalue weighted by Crippen LogP contribution is 2.27. The summed E-state index contributed by atoms with van der Waals surface area (Å²) in [7, 11) is -2.10. The van der Waals surface area contributed by atoms with Crippen LogP contribution in [0.2, 0.25) is 5.02 Å². The summed E-state index contributed by atoms with van der Waals surface area (Å²) in [5, 5.41) is 3.36. The van der Waals surface area contributed by atoms with Crippen LogP contribution in [0, 0.1) is 0 Å². The van der Waals surface area contributed by atoms with Gasteiger partial charge in [0.05, 0.1) is 12.0 Å². The molecule has 3 rings (SSSR count). The Labute approximate surface area is 176 Å². The number of nitrogens with zero attached hydrogens (tertiary/aromatic N) is 1. The van der Waals surface area contributed by atoms with E-state index in [9.17, 15) is 13.2 Å². The molecule has 0 aromatic heterocycles. The maximum Gasteiger partial charge on any atom is 0.243 e. The first-order chi connectivity index (χ1) is 13.9. The van der Waals surface area contributed by atoms with Gasteiger partial charge in [0.2, 0.25) is 15.9 Å². The molecule has 1 atom stereocenters. The van der Waals surface area contributed by atoms with Crippen LogP contribution >= 0.6 is 11.6 Å². The molecule has 0 aliphatic carbocycles. The summed E-state index contributed by atoms with van der Waals surface area (Å²) in [6.07, 6.45) is 2.68. The Morgan fingerprint density at radius 2 is 1.93 bits per heavy atom. The van der Waals surface area contributed by atoms with E-state index < -0.39 is 16.1 Å². The van der Waals surface area contributed by atoms with Crippen molar-refractivity contribution in [1.29, 1.82) is 0 Å². The van der Waals surface area contributed by atoms with Crippen molar-refractivity contribution in [2.75, 3.05) is 20.2 Å². The number of nitrogens with one attached hydrogen (secondary N) is 1. The zero-order valence-corrected chi connectivity index (χ0v) is 17.9. The number of carbonyl (C=O) groups is 1. The SMILES string of the molecule is COc1ccccc1CCCNC(=O)[C@@H]1CCCN1S(=O)(=O)c1ccc(Cl)cc1. The lowest BCUT2D eigenvalue weighted by Crippen LogP contribution is -2.46. The van der Waals surface area contributed by atoms with Gasteiger partial charge >= 0.3 is 0 Å². The first-order valence-electron chi connectivity index (χ1n) is 9.60. The second-order valence-corrected chi connectivity index (χ2v) is 9.26. The van der Waals surface area contributed by atoms with Crippen LogP contribution in [0.5, 0.6) is 5.75 Å². The molecule has 2 aromatic rings. The van der Waals surface area contributed by atoms with Gasteiger partial charge in [-0.1, -0.05) is 29.8 Å². The minimum Gasteiger partial charge on any atom is -0.496 e. The van der Waals surface area contributed by atoms with Crippen LogP contribution in [-0.2, 0) is 21.2 Å². The van der Waals surface area contributed by atoms with Gasteiger partial charge in [0, 0.05) is 18.1 Å². The zero-order valence-electron chi connectivity index (χ0n) is 16.3. The second kappa shape index (κ2) is 9.61. The summed E-state index contributed by atoms with van der Waals surface area (Å²) in [5.41, 5.74) is 1.08. The third kappa shape index (κ3) is 5.10. The average molecular weight is 437 g/mol. The Hall–Kier alpha value is -2.09. The standard InChI is InChI=1S/C21H25ClN2O4S/c1-28-20-9-3-2-6-16(20)7-4-14-23-21(25)19-8-5-15-24(19)29(26,27)18-12-10-17(22)11-13-18/h2-3,6,9-13,19H,4-5,7-8,14-15H2,1H3,(H,23,25)/t19-/m0/s1. The Balaban J connectivity index is 1.58. The number of aryl methyl sites for hydroxylation is 1. The third-order valence-corrected chi connectivity index (χ3v) is 7.22. The van der Waals surface area contributed by atoms with E-state index in [4.69, 9.17) is 16.3 Å². The molecular formula is C21H25ClN2O4S. The molecule has 29 heavy (non-hydrogen) atoms. The molecule has 1 amide bonds. The van der Waals surface area contributed by atoms with E-state index in [1.54, 1.807) is 7.11 Å². The van der Waals surface area contributed by atoms with Crippen molar-refractivity contribution in [3.8, 4) is 5.75 Å². The summed E-state index contributed by atoms with van der Waals surface area (Å²) in [5.74, 6) is 0.579. The van der Waals surface area contributed by atoms with Gasteiger partial charge in [-0.2, -0.15) is 4.31 Å². The molecule has 0 saturated carbocycles. The van der Waals surface area contributed by atoms with Gasteiger partial charge in [-0.05, 0) is 61.6 Å². The number of benzene rings is 2. The Morgan fingerprint density at radius 1 is 1.21 bits per heavy atom. The maximum atomic E-state index is 12.9. The van der Waals surface area contributed by atoms with E-state index >= 15 is 0 Å². The number of para-hydroxylation sites is 1. The van der Waals surface area contributed by atoms with Crippen molar-refractivity contribution in [3.63, 3.8) is 0 Å². The fourth-order valence-electron chi connectivity index (χ4n) is 3.55. The summed E-state index contributed by atoms with van der Waals surface area (Å²) in [4.78, 5) is 12.8. The predicted molar refractivity (Wildman–Crippen MR) is 113 cm³/mol. The molecule has 2 aromatic carbocycles. The van der Waals surface area contributed by atoms with Gasteiger partial charge in [-0.3, -0.25) is 4.79 Å². The fraction of sp³-hybridized carbons (Fsp3) is 0.381. The van der Waals surface area contributed by atoms with Crippen molar-refractivity contribution in [2.45, 2.75) is 36.6 Å². The fourth-order valence-corrected chi connectivity index (χ4v) is 5.33. The van der Waals surface area contributed by atoms with Gasteiger partial charge in [-0.25, -0.2) is 8.42 Å². The summed E-state index contributed by atoms with van der Waals surface area (Å²) >= 11 is 5.85. The molecule has 1 aliphatic heterocycles. The van der Waals surface area contributed by atoms with Gasteiger partial charge in [-0.15, -0.1) is 0 Å². The van der Waals surface area contributed by atoms with E-state index in [2.05, 4.69) is 5.32 Å². The van der Waals surface area contributed by atoms with Crippen molar-refractivity contribution >= 4 is 27.5 Å². The van der Waals surface area contributed by atoms with Crippen molar-refractivity contribution in [1.82, 2.24) is 9.62 Å². The number of halogens is 1. The molecule has 1 saturated heterocycles. The van der Waals surface area contributed by atoms with Gasteiger partial charge in [0.25, 0.3) is 0 Å². The first kappa shape index (κ1) is 21.6. The number of rotatable bonds is 8. The van der Waals surface area contributed by atoms with E-state index in [0.29, 0.717) is 31.0 Å². The number of methoxy groups -OCH3 is 1. The number of hydrogen-bond donors (Lipinski definition) is 1. The van der Waals surface area contributed by atoms with E-state index in [1.807, 2.05) is 24.3 Å². The largest absolute Gasteiger partial charge is 0.496 e. The molecule has 0 unspecified atom stereocenters. The van der Waals surface area contributed by atoms with Crippen LogP contribution in [0.25, 0.3) is 0 Å². The van der Waals surface area contributed by atoms with Crippen molar-refractivity contribution in [2.24, 2.45) is 0 Å². The summed E-state index contributed by atoms with van der Waals surface area (Å²) in [6, 6.07) is 13.1. The van der Waals surface area contributed by atoms with Crippen LogP contribution in [0.15, 0.2) is 53.4 Å². The van der Waals surface area contributed by atoms with Gasteiger partial charge < -0.3 is 10.1 Å². The molecule has 0 spiro atoms. The highest BCUT2D eigenvalue weighted by molar-refractivity contribution is 7.89. The van der Waals surface area contributed by atoms with Crippen molar-refractivity contribution < 1.29 is 17.9 Å². The lowest BCUT2D eigenvalue weighted by atomic mass is 10.1. The van der Waals surface area contributed by atoms with Gasteiger partial charge in [0.1, 0.15) is 11.8 Å². The third-order valence-electron chi connectivity index (χ3n) is 5.04. The van der Waals surface area contributed by atoms with Crippen LogP contribution in [0.3, 0.4) is 0 Å². The number of ether oxygens (including phenoxy) is 1. The Bertz CT molecular complexity index is 947. The topological polar surface area (TPSA) is 75.7 Å². The number of amides is 1. The monoisotopic (exact) mass is 436 g/mol. The highest BCUT2D eigenvalue weighted by atomic mass is 35.5. The molecule has 156 valence electrons.